The Morgan fingerprint density at radius 1 is 1.17 bits per heavy atom. The molecule has 1 aromatic heterocycles. The topological polar surface area (TPSA) is 77.5 Å². The molecule has 2 aromatic rings. The fourth-order valence-electron chi connectivity index (χ4n) is 2.82. The summed E-state index contributed by atoms with van der Waals surface area (Å²) < 4.78 is 0. The van der Waals surface area contributed by atoms with Crippen LogP contribution < -0.4 is 15.5 Å². The molecule has 2 amide bonds. The Labute approximate surface area is 141 Å². The molecule has 1 fully saturated rings. The van der Waals surface area contributed by atoms with Crippen LogP contribution in [-0.4, -0.2) is 35.8 Å². The van der Waals surface area contributed by atoms with Gasteiger partial charge in [-0.3, -0.25) is 0 Å². The predicted octanol–water partition coefficient (Wildman–Crippen LogP) is 2.54. The number of urea groups is 1. The Hall–Kier alpha value is -2.60. The summed E-state index contributed by atoms with van der Waals surface area (Å²) in [4.78, 5) is 18.7. The number of amides is 2. The van der Waals surface area contributed by atoms with Crippen molar-refractivity contribution in [3.8, 4) is 0 Å². The fourth-order valence-corrected chi connectivity index (χ4v) is 2.82. The van der Waals surface area contributed by atoms with Crippen LogP contribution in [-0.2, 0) is 0 Å². The zero-order chi connectivity index (χ0) is 16.8. The zero-order valence-electron chi connectivity index (χ0n) is 13.5. The molecule has 24 heavy (non-hydrogen) atoms. The van der Waals surface area contributed by atoms with Gasteiger partial charge in [-0.25, -0.2) is 9.78 Å². The van der Waals surface area contributed by atoms with Crippen LogP contribution >= 0.6 is 0 Å². The molecule has 6 heteroatoms. The maximum absolute atomic E-state index is 12.1. The van der Waals surface area contributed by atoms with Crippen molar-refractivity contribution in [1.29, 1.82) is 0 Å². The largest absolute Gasteiger partial charge is 0.387 e. The number of carbonyl (C=O) groups is 1. The van der Waals surface area contributed by atoms with Crippen molar-refractivity contribution in [3.63, 3.8) is 0 Å². The molecule has 1 aliphatic heterocycles. The van der Waals surface area contributed by atoms with Gasteiger partial charge in [0.2, 0.25) is 0 Å². The third kappa shape index (κ3) is 4.02. The zero-order valence-corrected chi connectivity index (χ0v) is 13.5. The van der Waals surface area contributed by atoms with Crippen LogP contribution in [0.2, 0.25) is 0 Å². The van der Waals surface area contributed by atoms with Gasteiger partial charge in [0.15, 0.2) is 5.82 Å². The quantitative estimate of drug-likeness (QED) is 0.789. The van der Waals surface area contributed by atoms with E-state index in [0.29, 0.717) is 5.69 Å². The number of carbonyl (C=O) groups excluding carboxylic acids is 1. The van der Waals surface area contributed by atoms with Crippen LogP contribution in [0.4, 0.5) is 16.3 Å². The first-order chi connectivity index (χ1) is 11.7. The van der Waals surface area contributed by atoms with E-state index < -0.39 is 6.10 Å². The standard InChI is InChI=1S/C18H22N4O2/c23-16(14-7-2-1-3-8-14)13-20-18(24)21-15-9-6-10-19-17(15)22-11-4-5-12-22/h1-3,6-10,16,23H,4-5,11-13H2,(H2,20,21,24)/t16-/m1/s1. The van der Waals surface area contributed by atoms with Crippen LogP contribution in [0.15, 0.2) is 48.7 Å². The number of anilines is 2. The summed E-state index contributed by atoms with van der Waals surface area (Å²) in [6, 6.07) is 12.6. The van der Waals surface area contributed by atoms with E-state index in [4.69, 9.17) is 0 Å². The van der Waals surface area contributed by atoms with Crippen molar-refractivity contribution >= 4 is 17.5 Å². The molecule has 0 radical (unpaired) electrons. The average molecular weight is 326 g/mol. The van der Waals surface area contributed by atoms with E-state index in [-0.39, 0.29) is 12.6 Å². The third-order valence-electron chi connectivity index (χ3n) is 4.08. The number of nitrogens with zero attached hydrogens (tertiary/aromatic N) is 2. The molecule has 3 rings (SSSR count). The van der Waals surface area contributed by atoms with E-state index in [2.05, 4.69) is 20.5 Å². The van der Waals surface area contributed by atoms with Crippen LogP contribution in [0.25, 0.3) is 0 Å². The highest BCUT2D eigenvalue weighted by Gasteiger charge is 2.18. The number of rotatable bonds is 5. The number of aromatic nitrogens is 1. The maximum Gasteiger partial charge on any atom is 0.319 e. The molecule has 1 aliphatic rings. The monoisotopic (exact) mass is 326 g/mol. The van der Waals surface area contributed by atoms with Crippen molar-refractivity contribution in [2.24, 2.45) is 0 Å². The Balaban J connectivity index is 1.57. The molecule has 0 spiro atoms. The van der Waals surface area contributed by atoms with E-state index in [1.165, 1.54) is 0 Å². The lowest BCUT2D eigenvalue weighted by molar-refractivity contribution is 0.175. The molecule has 0 unspecified atom stereocenters. The van der Waals surface area contributed by atoms with Gasteiger partial charge in [0, 0.05) is 25.8 Å². The van der Waals surface area contributed by atoms with Gasteiger partial charge in [0.25, 0.3) is 0 Å². The summed E-state index contributed by atoms with van der Waals surface area (Å²) >= 11 is 0. The van der Waals surface area contributed by atoms with Crippen molar-refractivity contribution in [1.82, 2.24) is 10.3 Å². The second-order valence-corrected chi connectivity index (χ2v) is 5.83. The molecule has 0 bridgehead atoms. The van der Waals surface area contributed by atoms with Gasteiger partial charge in [-0.05, 0) is 30.5 Å². The number of nitrogens with one attached hydrogen (secondary N) is 2. The molecule has 2 heterocycles. The lowest BCUT2D eigenvalue weighted by Crippen LogP contribution is -2.33. The third-order valence-corrected chi connectivity index (χ3v) is 4.08. The van der Waals surface area contributed by atoms with E-state index >= 15 is 0 Å². The summed E-state index contributed by atoms with van der Waals surface area (Å²) in [7, 11) is 0. The minimum absolute atomic E-state index is 0.148. The Morgan fingerprint density at radius 3 is 2.67 bits per heavy atom. The first-order valence-corrected chi connectivity index (χ1v) is 8.22. The molecule has 0 saturated carbocycles. The van der Waals surface area contributed by atoms with Gasteiger partial charge in [-0.1, -0.05) is 30.3 Å². The fraction of sp³-hybridized carbons (Fsp3) is 0.333. The van der Waals surface area contributed by atoms with Gasteiger partial charge >= 0.3 is 6.03 Å². The first-order valence-electron chi connectivity index (χ1n) is 8.22. The lowest BCUT2D eigenvalue weighted by Gasteiger charge is -2.20. The van der Waals surface area contributed by atoms with E-state index in [1.807, 2.05) is 36.4 Å². The van der Waals surface area contributed by atoms with Crippen LogP contribution in [0, 0.1) is 0 Å². The number of aliphatic hydroxyl groups excluding tert-OH is 1. The van der Waals surface area contributed by atoms with Gasteiger partial charge in [0.1, 0.15) is 0 Å². The highest BCUT2D eigenvalue weighted by atomic mass is 16.3. The molecule has 6 nitrogen and oxygen atoms in total. The molecule has 126 valence electrons. The van der Waals surface area contributed by atoms with E-state index in [0.717, 1.165) is 37.3 Å². The normalized spacial score (nSPS) is 15.1. The summed E-state index contributed by atoms with van der Waals surface area (Å²) in [5.41, 5.74) is 1.46. The van der Waals surface area contributed by atoms with Gasteiger partial charge in [-0.2, -0.15) is 0 Å². The van der Waals surface area contributed by atoms with Crippen LogP contribution in [0.5, 0.6) is 0 Å². The number of hydrogen-bond acceptors (Lipinski definition) is 4. The van der Waals surface area contributed by atoms with Gasteiger partial charge < -0.3 is 20.6 Å². The van der Waals surface area contributed by atoms with Gasteiger partial charge in [-0.15, -0.1) is 0 Å². The highest BCUT2D eigenvalue weighted by Crippen LogP contribution is 2.25. The van der Waals surface area contributed by atoms with Crippen molar-refractivity contribution in [3.05, 3.63) is 54.2 Å². The average Bonchev–Trinajstić information content (AvgIpc) is 3.15. The summed E-state index contributed by atoms with van der Waals surface area (Å²) in [6.07, 6.45) is 3.29. The van der Waals surface area contributed by atoms with Crippen LogP contribution in [0.1, 0.15) is 24.5 Å². The highest BCUT2D eigenvalue weighted by molar-refractivity contribution is 5.92. The molecule has 1 aromatic carbocycles. The van der Waals surface area contributed by atoms with E-state index in [9.17, 15) is 9.90 Å². The minimum atomic E-state index is -0.732. The number of aliphatic hydroxyl groups is 1. The first kappa shape index (κ1) is 16.3. The smallest absolute Gasteiger partial charge is 0.319 e. The van der Waals surface area contributed by atoms with Crippen molar-refractivity contribution in [2.45, 2.75) is 18.9 Å². The Kier molecular flexibility index (Phi) is 5.28. The molecule has 3 N–H and O–H groups in total. The molecular formula is C18H22N4O2. The van der Waals surface area contributed by atoms with Gasteiger partial charge in [0.05, 0.1) is 11.8 Å². The lowest BCUT2D eigenvalue weighted by atomic mass is 10.1. The second-order valence-electron chi connectivity index (χ2n) is 5.83. The molecule has 1 saturated heterocycles. The molecule has 0 aliphatic carbocycles. The minimum Gasteiger partial charge on any atom is -0.387 e. The second kappa shape index (κ2) is 7.79. The van der Waals surface area contributed by atoms with Crippen molar-refractivity contribution < 1.29 is 9.90 Å². The Bertz CT molecular complexity index is 672. The summed E-state index contributed by atoms with van der Waals surface area (Å²) in [5, 5.41) is 15.6. The SMILES string of the molecule is O=C(NC[C@@H](O)c1ccccc1)Nc1cccnc1N1CCCC1. The Morgan fingerprint density at radius 2 is 1.92 bits per heavy atom. The number of benzene rings is 1. The summed E-state index contributed by atoms with van der Waals surface area (Å²) in [6.45, 7) is 2.06. The summed E-state index contributed by atoms with van der Waals surface area (Å²) in [5.74, 6) is 0.800. The van der Waals surface area contributed by atoms with E-state index in [1.54, 1.807) is 12.3 Å². The number of hydrogen-bond donors (Lipinski definition) is 3. The molecule has 1 atom stereocenters. The molecular weight excluding hydrogens is 304 g/mol. The van der Waals surface area contributed by atoms with Crippen LogP contribution in [0.3, 0.4) is 0 Å². The number of pyridine rings is 1. The predicted molar refractivity (Wildman–Crippen MR) is 94.1 cm³/mol. The maximum atomic E-state index is 12.1. The van der Waals surface area contributed by atoms with Crippen molar-refractivity contribution in [2.75, 3.05) is 29.9 Å².